The highest BCUT2D eigenvalue weighted by molar-refractivity contribution is 5.53. The molecule has 4 nitrogen and oxygen atoms in total. The fourth-order valence-corrected chi connectivity index (χ4v) is 1.21. The number of hydrogen-bond acceptors (Lipinski definition) is 4. The first-order valence-electron chi connectivity index (χ1n) is 4.67. The van der Waals surface area contributed by atoms with Gasteiger partial charge in [-0.1, -0.05) is 6.07 Å². The van der Waals surface area contributed by atoms with Crippen LogP contribution in [0.5, 0.6) is 5.88 Å². The van der Waals surface area contributed by atoms with Gasteiger partial charge in [0.25, 0.3) is 0 Å². The lowest BCUT2D eigenvalue weighted by molar-refractivity contribution is 0.397. The number of aromatic nitrogens is 2. The van der Waals surface area contributed by atoms with E-state index in [0.717, 1.165) is 0 Å². The monoisotopic (exact) mass is 219 g/mol. The Kier molecular flexibility index (Phi) is 2.95. The second kappa shape index (κ2) is 4.57. The fraction of sp³-hybridized carbons (Fsp3) is 0.0909. The average molecular weight is 219 g/mol. The SMILES string of the molecule is COc1ccnc(Nc2cccc(F)c2)n1. The minimum absolute atomic E-state index is 0.312. The number of ether oxygens (including phenoxy) is 1. The predicted octanol–water partition coefficient (Wildman–Crippen LogP) is 2.37. The molecule has 1 N–H and O–H groups in total. The molecule has 0 bridgehead atoms. The third-order valence-corrected chi connectivity index (χ3v) is 1.92. The summed E-state index contributed by atoms with van der Waals surface area (Å²) in [4.78, 5) is 8.04. The van der Waals surface area contributed by atoms with Crippen molar-refractivity contribution in [3.63, 3.8) is 0 Å². The molecule has 0 unspecified atom stereocenters. The molecule has 0 saturated heterocycles. The highest BCUT2D eigenvalue weighted by atomic mass is 19.1. The Morgan fingerprint density at radius 3 is 2.94 bits per heavy atom. The predicted molar refractivity (Wildman–Crippen MR) is 58.3 cm³/mol. The first-order chi connectivity index (χ1) is 7.78. The van der Waals surface area contributed by atoms with Gasteiger partial charge in [0.1, 0.15) is 5.82 Å². The van der Waals surface area contributed by atoms with E-state index in [1.165, 1.54) is 19.2 Å². The minimum atomic E-state index is -0.312. The Labute approximate surface area is 92.1 Å². The highest BCUT2D eigenvalue weighted by Crippen LogP contribution is 2.15. The number of rotatable bonds is 3. The summed E-state index contributed by atoms with van der Waals surface area (Å²) in [6.07, 6.45) is 1.56. The molecule has 16 heavy (non-hydrogen) atoms. The van der Waals surface area contributed by atoms with Gasteiger partial charge in [0.2, 0.25) is 11.8 Å². The third-order valence-electron chi connectivity index (χ3n) is 1.92. The van der Waals surface area contributed by atoms with Crippen molar-refractivity contribution >= 4 is 11.6 Å². The summed E-state index contributed by atoms with van der Waals surface area (Å²) in [6.45, 7) is 0. The Morgan fingerprint density at radius 1 is 1.31 bits per heavy atom. The summed E-state index contributed by atoms with van der Waals surface area (Å²) in [5.74, 6) is 0.506. The number of halogens is 1. The average Bonchev–Trinajstić information content (AvgIpc) is 2.29. The maximum absolute atomic E-state index is 12.9. The number of nitrogens with zero attached hydrogens (tertiary/aromatic N) is 2. The number of nitrogens with one attached hydrogen (secondary N) is 1. The molecular formula is C11H10FN3O. The van der Waals surface area contributed by atoms with Crippen molar-refractivity contribution in [2.75, 3.05) is 12.4 Å². The molecular weight excluding hydrogens is 209 g/mol. The molecule has 0 saturated carbocycles. The van der Waals surface area contributed by atoms with Gasteiger partial charge < -0.3 is 10.1 Å². The van der Waals surface area contributed by atoms with Crippen LogP contribution in [0.2, 0.25) is 0 Å². The van der Waals surface area contributed by atoms with E-state index in [4.69, 9.17) is 4.74 Å². The van der Waals surface area contributed by atoms with Crippen LogP contribution < -0.4 is 10.1 Å². The van der Waals surface area contributed by atoms with Crippen LogP contribution in [0.1, 0.15) is 0 Å². The summed E-state index contributed by atoms with van der Waals surface area (Å²) in [5, 5.41) is 2.88. The maximum atomic E-state index is 12.9. The van der Waals surface area contributed by atoms with Gasteiger partial charge >= 0.3 is 0 Å². The zero-order valence-corrected chi connectivity index (χ0v) is 8.64. The van der Waals surface area contributed by atoms with Gasteiger partial charge in [-0.15, -0.1) is 0 Å². The fourth-order valence-electron chi connectivity index (χ4n) is 1.21. The Morgan fingerprint density at radius 2 is 2.19 bits per heavy atom. The Bertz CT molecular complexity index is 490. The molecule has 0 aliphatic carbocycles. The number of benzene rings is 1. The highest BCUT2D eigenvalue weighted by Gasteiger charge is 2.00. The molecule has 0 radical (unpaired) electrons. The lowest BCUT2D eigenvalue weighted by atomic mass is 10.3. The molecule has 0 aliphatic heterocycles. The third kappa shape index (κ3) is 2.44. The van der Waals surface area contributed by atoms with Crippen LogP contribution in [0.3, 0.4) is 0 Å². The molecule has 1 aromatic carbocycles. The van der Waals surface area contributed by atoms with Crippen molar-refractivity contribution in [1.82, 2.24) is 9.97 Å². The van der Waals surface area contributed by atoms with Gasteiger partial charge in [0, 0.05) is 18.0 Å². The van der Waals surface area contributed by atoms with Crippen LogP contribution >= 0.6 is 0 Å². The molecule has 0 aliphatic rings. The second-order valence-corrected chi connectivity index (χ2v) is 3.06. The molecule has 0 spiro atoms. The van der Waals surface area contributed by atoms with Crippen molar-refractivity contribution < 1.29 is 9.13 Å². The summed E-state index contributed by atoms with van der Waals surface area (Å²) < 4.78 is 17.9. The molecule has 1 heterocycles. The lowest BCUT2D eigenvalue weighted by Gasteiger charge is -2.05. The maximum Gasteiger partial charge on any atom is 0.230 e. The van der Waals surface area contributed by atoms with Crippen molar-refractivity contribution in [3.8, 4) is 5.88 Å². The van der Waals surface area contributed by atoms with Crippen LogP contribution in [0.4, 0.5) is 16.0 Å². The van der Waals surface area contributed by atoms with Gasteiger partial charge in [0.05, 0.1) is 7.11 Å². The van der Waals surface area contributed by atoms with E-state index in [9.17, 15) is 4.39 Å². The topological polar surface area (TPSA) is 47.0 Å². The number of anilines is 2. The Hall–Kier alpha value is -2.17. The molecule has 2 aromatic rings. The number of methoxy groups -OCH3 is 1. The summed E-state index contributed by atoms with van der Waals surface area (Å²) >= 11 is 0. The van der Waals surface area contributed by atoms with Gasteiger partial charge in [-0.2, -0.15) is 4.98 Å². The lowest BCUT2D eigenvalue weighted by Crippen LogP contribution is -1.98. The van der Waals surface area contributed by atoms with Crippen molar-refractivity contribution in [2.45, 2.75) is 0 Å². The summed E-state index contributed by atoms with van der Waals surface area (Å²) in [6, 6.07) is 7.71. The van der Waals surface area contributed by atoms with Crippen molar-refractivity contribution in [2.24, 2.45) is 0 Å². The second-order valence-electron chi connectivity index (χ2n) is 3.06. The van der Waals surface area contributed by atoms with E-state index in [0.29, 0.717) is 17.5 Å². The standard InChI is InChI=1S/C11H10FN3O/c1-16-10-5-6-13-11(15-10)14-9-4-2-3-8(12)7-9/h2-7H,1H3,(H,13,14,15). The summed E-state index contributed by atoms with van der Waals surface area (Å²) in [7, 11) is 1.52. The van der Waals surface area contributed by atoms with E-state index in [1.54, 1.807) is 24.4 Å². The smallest absolute Gasteiger partial charge is 0.230 e. The first kappa shape index (κ1) is 10.4. The van der Waals surface area contributed by atoms with E-state index in [-0.39, 0.29) is 5.82 Å². The first-order valence-corrected chi connectivity index (χ1v) is 4.67. The quantitative estimate of drug-likeness (QED) is 0.860. The van der Waals surface area contributed by atoms with Gasteiger partial charge in [0.15, 0.2) is 0 Å². The van der Waals surface area contributed by atoms with E-state index >= 15 is 0 Å². The van der Waals surface area contributed by atoms with Crippen LogP contribution in [-0.4, -0.2) is 17.1 Å². The van der Waals surface area contributed by atoms with Crippen LogP contribution in [0, 0.1) is 5.82 Å². The van der Waals surface area contributed by atoms with Gasteiger partial charge in [-0.3, -0.25) is 0 Å². The molecule has 0 amide bonds. The van der Waals surface area contributed by atoms with Gasteiger partial charge in [-0.25, -0.2) is 9.37 Å². The molecule has 5 heteroatoms. The van der Waals surface area contributed by atoms with E-state index < -0.39 is 0 Å². The largest absolute Gasteiger partial charge is 0.481 e. The Balaban J connectivity index is 2.20. The number of hydrogen-bond donors (Lipinski definition) is 1. The summed E-state index contributed by atoms with van der Waals surface area (Å²) in [5.41, 5.74) is 0.591. The van der Waals surface area contributed by atoms with Crippen LogP contribution in [-0.2, 0) is 0 Å². The van der Waals surface area contributed by atoms with Crippen LogP contribution in [0.15, 0.2) is 36.5 Å². The van der Waals surface area contributed by atoms with Crippen molar-refractivity contribution in [1.29, 1.82) is 0 Å². The zero-order chi connectivity index (χ0) is 11.4. The normalized spacial score (nSPS) is 9.88. The molecule has 0 atom stereocenters. The van der Waals surface area contributed by atoms with E-state index in [1.807, 2.05) is 0 Å². The molecule has 82 valence electrons. The van der Waals surface area contributed by atoms with Crippen molar-refractivity contribution in [3.05, 3.63) is 42.3 Å². The van der Waals surface area contributed by atoms with E-state index in [2.05, 4.69) is 15.3 Å². The molecule has 1 aromatic heterocycles. The zero-order valence-electron chi connectivity index (χ0n) is 8.64. The minimum Gasteiger partial charge on any atom is -0.481 e. The van der Waals surface area contributed by atoms with Gasteiger partial charge in [-0.05, 0) is 18.2 Å². The molecule has 2 rings (SSSR count). The van der Waals surface area contributed by atoms with Crippen LogP contribution in [0.25, 0.3) is 0 Å². The molecule has 0 fully saturated rings.